The lowest BCUT2D eigenvalue weighted by atomic mass is 10.2. The number of aromatic amines is 1. The van der Waals surface area contributed by atoms with Crippen molar-refractivity contribution in [2.75, 3.05) is 0 Å². The Labute approximate surface area is 78.8 Å². The Morgan fingerprint density at radius 3 is 2.77 bits per heavy atom. The van der Waals surface area contributed by atoms with Gasteiger partial charge in [-0.3, -0.25) is 14.6 Å². The summed E-state index contributed by atoms with van der Waals surface area (Å²) < 4.78 is 1.69. The van der Waals surface area contributed by atoms with E-state index in [1.54, 1.807) is 10.7 Å². The quantitative estimate of drug-likeness (QED) is 0.742. The summed E-state index contributed by atoms with van der Waals surface area (Å²) in [4.78, 5) is 11.3. The predicted molar refractivity (Wildman–Crippen MR) is 54.0 cm³/mol. The lowest BCUT2D eigenvalue weighted by Crippen LogP contribution is -2.15. The molecule has 1 aromatic rings. The summed E-state index contributed by atoms with van der Waals surface area (Å²) in [5.41, 5.74) is 1.17. The molecule has 0 unspecified atom stereocenters. The molecule has 0 aliphatic carbocycles. The number of aryl methyl sites for hydroxylation is 2. The number of hydrogen-bond donors (Lipinski definition) is 1. The summed E-state index contributed by atoms with van der Waals surface area (Å²) in [6.45, 7) is 5.02. The van der Waals surface area contributed by atoms with Gasteiger partial charge < -0.3 is 0 Å². The van der Waals surface area contributed by atoms with Crippen molar-refractivity contribution < 1.29 is 0 Å². The van der Waals surface area contributed by atoms with Crippen molar-refractivity contribution in [3.8, 4) is 0 Å². The van der Waals surface area contributed by atoms with E-state index in [0.29, 0.717) is 0 Å². The van der Waals surface area contributed by atoms with E-state index in [1.165, 1.54) is 6.42 Å². The van der Waals surface area contributed by atoms with Crippen LogP contribution < -0.4 is 5.56 Å². The number of H-pyrrole nitrogens is 1. The fourth-order valence-electron chi connectivity index (χ4n) is 1.37. The molecule has 0 saturated carbocycles. The zero-order valence-electron chi connectivity index (χ0n) is 8.47. The van der Waals surface area contributed by atoms with Crippen molar-refractivity contribution in [2.45, 2.75) is 46.1 Å². The molecule has 1 aromatic heterocycles. The Balaban J connectivity index is 2.65. The van der Waals surface area contributed by atoms with E-state index in [0.717, 1.165) is 31.5 Å². The van der Waals surface area contributed by atoms with Gasteiger partial charge in [-0.15, -0.1) is 0 Å². The van der Waals surface area contributed by atoms with Gasteiger partial charge >= 0.3 is 0 Å². The molecule has 0 amide bonds. The molecule has 0 atom stereocenters. The van der Waals surface area contributed by atoms with Crippen LogP contribution in [0.3, 0.4) is 0 Å². The second-order valence-electron chi connectivity index (χ2n) is 3.37. The van der Waals surface area contributed by atoms with Crippen LogP contribution in [0.1, 0.15) is 38.8 Å². The fraction of sp³-hybridized carbons (Fsp3) is 0.700. The van der Waals surface area contributed by atoms with E-state index in [2.05, 4.69) is 18.9 Å². The standard InChI is InChI=1S/C10H18N2O/c1-3-5-6-9-8-10(13)12(11-9)7-4-2/h8,11H,3-7H2,1-2H3. The third-order valence-corrected chi connectivity index (χ3v) is 2.09. The lowest BCUT2D eigenvalue weighted by molar-refractivity contribution is 0.575. The van der Waals surface area contributed by atoms with Crippen LogP contribution in [0.5, 0.6) is 0 Å². The van der Waals surface area contributed by atoms with Crippen LogP contribution in [-0.2, 0) is 13.0 Å². The predicted octanol–water partition coefficient (Wildman–Crippen LogP) is 1.93. The van der Waals surface area contributed by atoms with Gasteiger partial charge in [-0.25, -0.2) is 0 Å². The first-order valence-corrected chi connectivity index (χ1v) is 5.06. The molecule has 1 N–H and O–H groups in total. The second kappa shape index (κ2) is 4.90. The molecule has 1 heterocycles. The van der Waals surface area contributed by atoms with E-state index in [1.807, 2.05) is 0 Å². The molecular weight excluding hydrogens is 164 g/mol. The molecule has 0 bridgehead atoms. The maximum Gasteiger partial charge on any atom is 0.266 e. The molecule has 13 heavy (non-hydrogen) atoms. The highest BCUT2D eigenvalue weighted by atomic mass is 16.1. The molecular formula is C10H18N2O. The summed E-state index contributed by atoms with van der Waals surface area (Å²) in [7, 11) is 0. The molecule has 3 heteroatoms. The van der Waals surface area contributed by atoms with Crippen molar-refractivity contribution >= 4 is 0 Å². The molecule has 1 rings (SSSR count). The molecule has 0 saturated heterocycles. The van der Waals surface area contributed by atoms with Crippen LogP contribution in [0.2, 0.25) is 0 Å². The van der Waals surface area contributed by atoms with Gasteiger partial charge in [0.05, 0.1) is 0 Å². The Morgan fingerprint density at radius 2 is 2.15 bits per heavy atom. The highest BCUT2D eigenvalue weighted by Crippen LogP contribution is 1.99. The highest BCUT2D eigenvalue weighted by Gasteiger charge is 2.00. The van der Waals surface area contributed by atoms with Crippen LogP contribution in [0.4, 0.5) is 0 Å². The number of rotatable bonds is 5. The van der Waals surface area contributed by atoms with Gasteiger partial charge in [-0.1, -0.05) is 20.3 Å². The maximum absolute atomic E-state index is 11.3. The SMILES string of the molecule is CCCCc1cc(=O)n(CCC)[nH]1. The summed E-state index contributed by atoms with van der Waals surface area (Å²) in [5, 5.41) is 3.12. The third kappa shape index (κ3) is 2.76. The molecule has 0 aliphatic heterocycles. The Kier molecular flexibility index (Phi) is 3.80. The summed E-state index contributed by atoms with van der Waals surface area (Å²) in [6.07, 6.45) is 4.29. The Bertz CT molecular complexity index is 298. The van der Waals surface area contributed by atoms with Crippen molar-refractivity contribution in [1.82, 2.24) is 9.78 Å². The van der Waals surface area contributed by atoms with Crippen LogP contribution in [-0.4, -0.2) is 9.78 Å². The third-order valence-electron chi connectivity index (χ3n) is 2.09. The molecule has 0 spiro atoms. The van der Waals surface area contributed by atoms with Gasteiger partial charge in [0.2, 0.25) is 0 Å². The van der Waals surface area contributed by atoms with E-state index in [4.69, 9.17) is 0 Å². The smallest absolute Gasteiger partial charge is 0.266 e. The van der Waals surface area contributed by atoms with E-state index < -0.39 is 0 Å². The average molecular weight is 182 g/mol. The summed E-state index contributed by atoms with van der Waals surface area (Å²) in [5.74, 6) is 0. The minimum atomic E-state index is 0.105. The van der Waals surface area contributed by atoms with Gasteiger partial charge in [-0.05, 0) is 19.3 Å². The first kappa shape index (κ1) is 10.1. The molecule has 0 aromatic carbocycles. The van der Waals surface area contributed by atoms with Crippen molar-refractivity contribution in [3.63, 3.8) is 0 Å². The lowest BCUT2D eigenvalue weighted by Gasteiger charge is -1.98. The van der Waals surface area contributed by atoms with E-state index >= 15 is 0 Å². The van der Waals surface area contributed by atoms with Crippen LogP contribution in [0.15, 0.2) is 10.9 Å². The monoisotopic (exact) mass is 182 g/mol. The summed E-state index contributed by atoms with van der Waals surface area (Å²) in [6, 6.07) is 1.71. The van der Waals surface area contributed by atoms with Crippen molar-refractivity contribution in [2.24, 2.45) is 0 Å². The first-order chi connectivity index (χ1) is 6.27. The number of nitrogens with one attached hydrogen (secondary N) is 1. The van der Waals surface area contributed by atoms with Crippen LogP contribution >= 0.6 is 0 Å². The summed E-state index contributed by atoms with van der Waals surface area (Å²) >= 11 is 0. The minimum Gasteiger partial charge on any atom is -0.300 e. The van der Waals surface area contributed by atoms with Gasteiger partial charge in [0, 0.05) is 18.3 Å². The van der Waals surface area contributed by atoms with Gasteiger partial charge in [-0.2, -0.15) is 0 Å². The van der Waals surface area contributed by atoms with Crippen LogP contribution in [0.25, 0.3) is 0 Å². The van der Waals surface area contributed by atoms with Gasteiger partial charge in [0.1, 0.15) is 0 Å². The molecule has 74 valence electrons. The zero-order chi connectivity index (χ0) is 9.68. The Morgan fingerprint density at radius 1 is 1.38 bits per heavy atom. The molecule has 0 radical (unpaired) electrons. The zero-order valence-corrected chi connectivity index (χ0v) is 8.47. The fourth-order valence-corrected chi connectivity index (χ4v) is 1.37. The van der Waals surface area contributed by atoms with E-state index in [9.17, 15) is 4.79 Å². The van der Waals surface area contributed by atoms with Crippen LogP contribution in [0, 0.1) is 0 Å². The number of hydrogen-bond acceptors (Lipinski definition) is 1. The largest absolute Gasteiger partial charge is 0.300 e. The second-order valence-corrected chi connectivity index (χ2v) is 3.37. The van der Waals surface area contributed by atoms with Crippen molar-refractivity contribution in [3.05, 3.63) is 22.1 Å². The molecule has 0 aliphatic rings. The Hall–Kier alpha value is -0.990. The van der Waals surface area contributed by atoms with E-state index in [-0.39, 0.29) is 5.56 Å². The first-order valence-electron chi connectivity index (χ1n) is 5.06. The minimum absolute atomic E-state index is 0.105. The van der Waals surface area contributed by atoms with Gasteiger partial charge in [0.15, 0.2) is 0 Å². The van der Waals surface area contributed by atoms with Gasteiger partial charge in [0.25, 0.3) is 5.56 Å². The molecule has 0 fully saturated rings. The maximum atomic E-state index is 11.3. The topological polar surface area (TPSA) is 37.8 Å². The number of nitrogens with zero attached hydrogens (tertiary/aromatic N) is 1. The molecule has 3 nitrogen and oxygen atoms in total. The number of unbranched alkanes of at least 4 members (excludes halogenated alkanes) is 1. The highest BCUT2D eigenvalue weighted by molar-refractivity contribution is 4.99. The normalized spacial score (nSPS) is 10.6. The number of aromatic nitrogens is 2. The average Bonchev–Trinajstić information content (AvgIpc) is 2.45. The van der Waals surface area contributed by atoms with Crippen molar-refractivity contribution in [1.29, 1.82) is 0 Å².